The maximum atomic E-state index is 11.5. The molecule has 0 aromatic heterocycles. The number of benzene rings is 1. The number of rotatable bonds is 5. The molecule has 0 radical (unpaired) electrons. The number of hydrogen-bond donors (Lipinski definition) is 2. The zero-order valence-corrected chi connectivity index (χ0v) is 10.2. The van der Waals surface area contributed by atoms with Gasteiger partial charge in [-0.25, -0.2) is 9.59 Å². The number of amides is 1. The largest absolute Gasteiger partial charge is 0.480 e. The molecule has 2 rings (SSSR count). The van der Waals surface area contributed by atoms with Gasteiger partial charge in [-0.1, -0.05) is 30.3 Å². The summed E-state index contributed by atoms with van der Waals surface area (Å²) in [5.41, 5.74) is 0.844. The molecule has 1 aliphatic rings. The van der Waals surface area contributed by atoms with Gasteiger partial charge in [0.2, 0.25) is 0 Å². The molecule has 0 spiro atoms. The van der Waals surface area contributed by atoms with Crippen LogP contribution in [0.3, 0.4) is 0 Å². The van der Waals surface area contributed by atoms with E-state index in [2.05, 4.69) is 5.32 Å². The van der Waals surface area contributed by atoms with Crippen molar-refractivity contribution in [2.45, 2.75) is 12.6 Å². The summed E-state index contributed by atoms with van der Waals surface area (Å²) in [4.78, 5) is 22.6. The Bertz CT molecular complexity index is 444. The Balaban J connectivity index is 1.81. The minimum absolute atomic E-state index is 0.111. The molecule has 19 heavy (non-hydrogen) atoms. The second-order valence-electron chi connectivity index (χ2n) is 4.32. The van der Waals surface area contributed by atoms with Crippen LogP contribution in [0.2, 0.25) is 0 Å². The molecular formula is C13H15NO5. The molecule has 1 aromatic rings. The Morgan fingerprint density at radius 1 is 1.37 bits per heavy atom. The van der Waals surface area contributed by atoms with Crippen molar-refractivity contribution in [3.63, 3.8) is 0 Å². The highest BCUT2D eigenvalue weighted by atomic mass is 16.5. The standard InChI is InChI=1S/C13H15NO5/c15-12(16)11(10-7-18-8-10)14-13(17)19-6-9-4-2-1-3-5-9/h1-5,10-11H,6-8H2,(H,14,17)(H,15,16)/t11-/m1/s1. The van der Waals surface area contributed by atoms with E-state index in [4.69, 9.17) is 14.6 Å². The van der Waals surface area contributed by atoms with E-state index in [1.807, 2.05) is 30.3 Å². The summed E-state index contributed by atoms with van der Waals surface area (Å²) < 4.78 is 9.89. The van der Waals surface area contributed by atoms with E-state index in [9.17, 15) is 9.59 Å². The Hall–Kier alpha value is -2.08. The predicted octanol–water partition coefficient (Wildman–Crippen LogP) is 1.01. The van der Waals surface area contributed by atoms with Crippen molar-refractivity contribution in [2.24, 2.45) is 5.92 Å². The van der Waals surface area contributed by atoms with Crippen molar-refractivity contribution < 1.29 is 24.2 Å². The predicted molar refractivity (Wildman–Crippen MR) is 65.5 cm³/mol. The number of hydrogen-bond acceptors (Lipinski definition) is 4. The molecule has 102 valence electrons. The van der Waals surface area contributed by atoms with E-state index >= 15 is 0 Å². The molecule has 1 fully saturated rings. The molecule has 6 heteroatoms. The van der Waals surface area contributed by atoms with Crippen LogP contribution in [-0.2, 0) is 20.9 Å². The Kier molecular flexibility index (Phi) is 4.35. The van der Waals surface area contributed by atoms with Crippen molar-refractivity contribution >= 4 is 12.1 Å². The summed E-state index contributed by atoms with van der Waals surface area (Å²) in [7, 11) is 0. The first kappa shape index (κ1) is 13.4. The molecule has 6 nitrogen and oxygen atoms in total. The molecular weight excluding hydrogens is 250 g/mol. The van der Waals surface area contributed by atoms with Gasteiger partial charge in [0.25, 0.3) is 0 Å². The summed E-state index contributed by atoms with van der Waals surface area (Å²) in [5, 5.41) is 11.4. The minimum atomic E-state index is -1.08. The van der Waals surface area contributed by atoms with E-state index in [1.54, 1.807) is 0 Å². The highest BCUT2D eigenvalue weighted by Gasteiger charge is 2.35. The zero-order valence-electron chi connectivity index (χ0n) is 10.2. The number of nitrogens with one attached hydrogen (secondary N) is 1. The Labute approximate surface area is 110 Å². The van der Waals surface area contributed by atoms with Gasteiger partial charge in [0, 0.05) is 5.92 Å². The molecule has 0 unspecified atom stereocenters. The third-order valence-corrected chi connectivity index (χ3v) is 2.89. The fourth-order valence-corrected chi connectivity index (χ4v) is 1.72. The Morgan fingerprint density at radius 3 is 2.58 bits per heavy atom. The third kappa shape index (κ3) is 3.69. The number of alkyl carbamates (subject to hydrolysis) is 1. The monoisotopic (exact) mass is 265 g/mol. The lowest BCUT2D eigenvalue weighted by molar-refractivity contribution is -0.147. The fraction of sp³-hybridized carbons (Fsp3) is 0.385. The van der Waals surface area contributed by atoms with Crippen LogP contribution in [0, 0.1) is 5.92 Å². The highest BCUT2D eigenvalue weighted by molar-refractivity contribution is 5.80. The van der Waals surface area contributed by atoms with Crippen LogP contribution in [0.15, 0.2) is 30.3 Å². The molecule has 0 saturated carbocycles. The van der Waals surface area contributed by atoms with Gasteiger partial charge >= 0.3 is 12.1 Å². The van der Waals surface area contributed by atoms with Crippen molar-refractivity contribution in [3.8, 4) is 0 Å². The number of carbonyl (C=O) groups is 2. The number of ether oxygens (including phenoxy) is 2. The van der Waals surface area contributed by atoms with Crippen LogP contribution in [0.1, 0.15) is 5.56 Å². The van der Waals surface area contributed by atoms with Gasteiger partial charge in [-0.2, -0.15) is 0 Å². The molecule has 1 saturated heterocycles. The molecule has 0 aliphatic carbocycles. The first-order chi connectivity index (χ1) is 9.16. The maximum absolute atomic E-state index is 11.5. The van der Waals surface area contributed by atoms with Crippen molar-refractivity contribution in [1.29, 1.82) is 0 Å². The number of aliphatic carboxylic acids is 1. The number of carbonyl (C=O) groups excluding carboxylic acids is 1. The van der Waals surface area contributed by atoms with Crippen LogP contribution in [0.5, 0.6) is 0 Å². The third-order valence-electron chi connectivity index (χ3n) is 2.89. The fourth-order valence-electron chi connectivity index (χ4n) is 1.72. The summed E-state index contributed by atoms with van der Waals surface area (Å²) in [6.07, 6.45) is -0.733. The lowest BCUT2D eigenvalue weighted by atomic mass is 9.98. The molecule has 1 amide bonds. The summed E-state index contributed by atoms with van der Waals surface area (Å²) in [5.74, 6) is -1.27. The molecule has 0 bridgehead atoms. The average molecular weight is 265 g/mol. The summed E-state index contributed by atoms with van der Waals surface area (Å²) in [6, 6.07) is 8.21. The lowest BCUT2D eigenvalue weighted by Crippen LogP contribution is -2.52. The molecule has 1 heterocycles. The van der Waals surface area contributed by atoms with Crippen LogP contribution in [-0.4, -0.2) is 36.4 Å². The maximum Gasteiger partial charge on any atom is 0.408 e. The Morgan fingerprint density at radius 2 is 2.05 bits per heavy atom. The zero-order chi connectivity index (χ0) is 13.7. The van der Waals surface area contributed by atoms with Crippen LogP contribution in [0.4, 0.5) is 4.79 Å². The van der Waals surface area contributed by atoms with E-state index < -0.39 is 18.1 Å². The topological polar surface area (TPSA) is 84.9 Å². The van der Waals surface area contributed by atoms with E-state index in [0.717, 1.165) is 5.56 Å². The van der Waals surface area contributed by atoms with Gasteiger partial charge in [0.1, 0.15) is 12.6 Å². The first-order valence-corrected chi connectivity index (χ1v) is 5.94. The number of carboxylic acids is 1. The van der Waals surface area contributed by atoms with Crippen molar-refractivity contribution in [2.75, 3.05) is 13.2 Å². The van der Waals surface area contributed by atoms with Gasteiger partial charge in [0.05, 0.1) is 13.2 Å². The molecule has 1 aromatic carbocycles. The molecule has 1 aliphatic heterocycles. The lowest BCUT2D eigenvalue weighted by Gasteiger charge is -2.31. The molecule has 1 atom stereocenters. The van der Waals surface area contributed by atoms with Gasteiger partial charge in [0.15, 0.2) is 0 Å². The highest BCUT2D eigenvalue weighted by Crippen LogP contribution is 2.15. The second kappa shape index (κ2) is 6.19. The quantitative estimate of drug-likeness (QED) is 0.830. The van der Waals surface area contributed by atoms with Crippen molar-refractivity contribution in [3.05, 3.63) is 35.9 Å². The van der Waals surface area contributed by atoms with Gasteiger partial charge in [-0.05, 0) is 5.56 Å². The van der Waals surface area contributed by atoms with Crippen molar-refractivity contribution in [1.82, 2.24) is 5.32 Å². The second-order valence-corrected chi connectivity index (χ2v) is 4.32. The normalized spacial score (nSPS) is 16.2. The minimum Gasteiger partial charge on any atom is -0.480 e. The SMILES string of the molecule is O=C(N[C@@H](C(=O)O)C1COC1)OCc1ccccc1. The van der Waals surface area contributed by atoms with Gasteiger partial charge in [-0.15, -0.1) is 0 Å². The van der Waals surface area contributed by atoms with Gasteiger partial charge in [-0.3, -0.25) is 0 Å². The van der Waals surface area contributed by atoms with Crippen LogP contribution < -0.4 is 5.32 Å². The van der Waals surface area contributed by atoms with E-state index in [0.29, 0.717) is 13.2 Å². The summed E-state index contributed by atoms with van der Waals surface area (Å²) in [6.45, 7) is 0.798. The van der Waals surface area contributed by atoms with E-state index in [-0.39, 0.29) is 12.5 Å². The summed E-state index contributed by atoms with van der Waals surface area (Å²) >= 11 is 0. The van der Waals surface area contributed by atoms with E-state index in [1.165, 1.54) is 0 Å². The first-order valence-electron chi connectivity index (χ1n) is 5.94. The van der Waals surface area contributed by atoms with Crippen LogP contribution >= 0.6 is 0 Å². The smallest absolute Gasteiger partial charge is 0.408 e. The average Bonchev–Trinajstić information content (AvgIpc) is 2.34. The number of carboxylic acid groups (broad SMARTS) is 1. The molecule has 2 N–H and O–H groups in total. The van der Waals surface area contributed by atoms with Crippen LogP contribution in [0.25, 0.3) is 0 Å². The van der Waals surface area contributed by atoms with Gasteiger partial charge < -0.3 is 19.9 Å².